The van der Waals surface area contributed by atoms with Gasteiger partial charge in [-0.25, -0.2) is 4.98 Å². The second-order valence-electron chi connectivity index (χ2n) is 4.72. The van der Waals surface area contributed by atoms with Crippen LogP contribution in [0.25, 0.3) is 11.0 Å². The number of aromatic amines is 1. The smallest absolute Gasteiger partial charge is 0.311 e. The van der Waals surface area contributed by atoms with Gasteiger partial charge in [0.15, 0.2) is 0 Å². The highest BCUT2D eigenvalue weighted by atomic mass is 16.5. The van der Waals surface area contributed by atoms with Crippen molar-refractivity contribution in [2.24, 2.45) is 5.10 Å². The maximum Gasteiger partial charge on any atom is 0.311 e. The molecule has 0 atom stereocenters. The molecule has 0 saturated carbocycles. The molecule has 22 heavy (non-hydrogen) atoms. The molecule has 8 heteroatoms. The van der Waals surface area contributed by atoms with Crippen LogP contribution >= 0.6 is 0 Å². The average Bonchev–Trinajstić information content (AvgIpc) is 2.86. The maximum absolute atomic E-state index is 12.1. The predicted octanol–water partition coefficient (Wildman–Crippen LogP) is 0.579. The summed E-state index contributed by atoms with van der Waals surface area (Å²) in [7, 11) is 1.27. The van der Waals surface area contributed by atoms with Crippen molar-refractivity contribution in [1.29, 1.82) is 0 Å². The van der Waals surface area contributed by atoms with E-state index in [1.165, 1.54) is 13.2 Å². The lowest BCUT2D eigenvalue weighted by Gasteiger charge is -2.13. The van der Waals surface area contributed by atoms with E-state index in [9.17, 15) is 14.4 Å². The molecule has 0 bridgehead atoms. The number of ether oxygens (including phenoxy) is 1. The van der Waals surface area contributed by atoms with E-state index in [4.69, 9.17) is 0 Å². The number of H-pyrrole nitrogens is 1. The minimum atomic E-state index is -0.467. The number of fused-ring (bicyclic) bond motifs is 1. The Kier molecular flexibility index (Phi) is 3.42. The zero-order valence-corrected chi connectivity index (χ0v) is 11.7. The Hall–Kier alpha value is -3.03. The van der Waals surface area contributed by atoms with Crippen LogP contribution in [0.1, 0.15) is 12.8 Å². The van der Waals surface area contributed by atoms with Crippen molar-refractivity contribution in [3.8, 4) is 0 Å². The van der Waals surface area contributed by atoms with Crippen LogP contribution in [-0.4, -0.2) is 34.7 Å². The number of methoxy groups -OCH3 is 1. The molecular formula is C14H12N4O4. The Balaban J connectivity index is 2.05. The summed E-state index contributed by atoms with van der Waals surface area (Å²) in [4.78, 5) is 41.8. The quantitative estimate of drug-likeness (QED) is 0.835. The van der Waals surface area contributed by atoms with Gasteiger partial charge in [0.25, 0.3) is 11.5 Å². The van der Waals surface area contributed by atoms with E-state index in [1.54, 1.807) is 18.3 Å². The van der Waals surface area contributed by atoms with Crippen LogP contribution in [0.15, 0.2) is 34.3 Å². The van der Waals surface area contributed by atoms with Gasteiger partial charge in [-0.2, -0.15) is 10.1 Å². The van der Waals surface area contributed by atoms with Gasteiger partial charge in [0, 0.05) is 17.6 Å². The minimum absolute atomic E-state index is 0.0175. The van der Waals surface area contributed by atoms with E-state index in [2.05, 4.69) is 19.8 Å². The number of aromatic nitrogens is 2. The van der Waals surface area contributed by atoms with Crippen LogP contribution in [0, 0.1) is 0 Å². The predicted molar refractivity (Wildman–Crippen MR) is 78.5 cm³/mol. The topological polar surface area (TPSA) is 105 Å². The summed E-state index contributed by atoms with van der Waals surface area (Å²) >= 11 is 0. The van der Waals surface area contributed by atoms with Gasteiger partial charge < -0.3 is 9.72 Å². The van der Waals surface area contributed by atoms with Gasteiger partial charge in [-0.1, -0.05) is 0 Å². The number of hydrogen-bond acceptors (Lipinski definition) is 6. The van der Waals surface area contributed by atoms with Crippen LogP contribution in [-0.2, 0) is 14.3 Å². The first-order valence-corrected chi connectivity index (χ1v) is 6.52. The first kappa shape index (κ1) is 13.9. The molecule has 0 aromatic carbocycles. The molecule has 3 rings (SSSR count). The number of carbonyl (C=O) groups is 2. The number of anilines is 1. The van der Waals surface area contributed by atoms with E-state index < -0.39 is 5.97 Å². The van der Waals surface area contributed by atoms with Gasteiger partial charge >= 0.3 is 5.97 Å². The van der Waals surface area contributed by atoms with E-state index in [0.29, 0.717) is 22.4 Å². The van der Waals surface area contributed by atoms with E-state index in [0.717, 1.165) is 5.01 Å². The standard InChI is InChI=1S/C14H12N4O4/c1-22-13(21)6-8-5-12(20)18(17-8)10-7-11(19)16-14-9(10)3-2-4-15-14/h2-4,7H,5-6H2,1H3,(H,15,16,19). The third-order valence-corrected chi connectivity index (χ3v) is 3.23. The molecular weight excluding hydrogens is 288 g/mol. The molecule has 1 amide bonds. The monoisotopic (exact) mass is 300 g/mol. The molecule has 0 unspecified atom stereocenters. The molecule has 1 N–H and O–H groups in total. The number of hydrazone groups is 1. The zero-order chi connectivity index (χ0) is 15.7. The van der Waals surface area contributed by atoms with Crippen molar-refractivity contribution in [3.05, 3.63) is 34.7 Å². The Morgan fingerprint density at radius 3 is 3.05 bits per heavy atom. The number of pyridine rings is 2. The van der Waals surface area contributed by atoms with Gasteiger partial charge in [-0.3, -0.25) is 14.4 Å². The van der Waals surface area contributed by atoms with Gasteiger partial charge in [0.05, 0.1) is 31.4 Å². The summed E-state index contributed by atoms with van der Waals surface area (Å²) in [6.45, 7) is 0. The minimum Gasteiger partial charge on any atom is -0.469 e. The summed E-state index contributed by atoms with van der Waals surface area (Å²) in [6, 6.07) is 4.71. The molecule has 2 aromatic rings. The van der Waals surface area contributed by atoms with Crippen LogP contribution in [0.4, 0.5) is 5.69 Å². The van der Waals surface area contributed by atoms with E-state index in [1.807, 2.05) is 0 Å². The maximum atomic E-state index is 12.1. The fourth-order valence-electron chi connectivity index (χ4n) is 2.25. The SMILES string of the molecule is COC(=O)CC1=NN(c2cc(=O)[nH]c3ncccc23)C(=O)C1. The first-order valence-electron chi connectivity index (χ1n) is 6.52. The van der Waals surface area contributed by atoms with Crippen LogP contribution in [0.2, 0.25) is 0 Å². The highest BCUT2D eigenvalue weighted by Crippen LogP contribution is 2.26. The summed E-state index contributed by atoms with van der Waals surface area (Å²) in [5, 5.41) is 5.87. The fraction of sp³-hybridized carbons (Fsp3) is 0.214. The van der Waals surface area contributed by atoms with Crippen molar-refractivity contribution in [3.63, 3.8) is 0 Å². The third-order valence-electron chi connectivity index (χ3n) is 3.23. The van der Waals surface area contributed by atoms with Crippen molar-refractivity contribution in [2.75, 3.05) is 12.1 Å². The number of carbonyl (C=O) groups excluding carboxylic acids is 2. The van der Waals surface area contributed by atoms with Crippen molar-refractivity contribution < 1.29 is 14.3 Å². The normalized spacial score (nSPS) is 14.3. The Morgan fingerprint density at radius 2 is 2.27 bits per heavy atom. The van der Waals surface area contributed by atoms with Crippen molar-refractivity contribution in [1.82, 2.24) is 9.97 Å². The number of nitrogens with one attached hydrogen (secondary N) is 1. The van der Waals surface area contributed by atoms with E-state index in [-0.39, 0.29) is 24.3 Å². The Morgan fingerprint density at radius 1 is 1.45 bits per heavy atom. The Labute approximate surface area is 124 Å². The largest absolute Gasteiger partial charge is 0.469 e. The van der Waals surface area contributed by atoms with Gasteiger partial charge in [0.2, 0.25) is 0 Å². The molecule has 0 spiro atoms. The van der Waals surface area contributed by atoms with Gasteiger partial charge in [0.1, 0.15) is 5.65 Å². The Bertz CT molecular complexity index is 855. The lowest BCUT2D eigenvalue weighted by atomic mass is 10.2. The number of hydrogen-bond donors (Lipinski definition) is 1. The zero-order valence-electron chi connectivity index (χ0n) is 11.7. The second kappa shape index (κ2) is 5.40. The first-order chi connectivity index (χ1) is 10.6. The highest BCUT2D eigenvalue weighted by molar-refractivity contribution is 6.18. The van der Waals surface area contributed by atoms with Crippen molar-refractivity contribution >= 4 is 34.3 Å². The van der Waals surface area contributed by atoms with E-state index >= 15 is 0 Å². The molecule has 2 aromatic heterocycles. The molecule has 0 aliphatic carbocycles. The van der Waals surface area contributed by atoms with Crippen LogP contribution < -0.4 is 10.6 Å². The molecule has 1 aliphatic heterocycles. The molecule has 0 fully saturated rings. The molecule has 112 valence electrons. The van der Waals surface area contributed by atoms with Gasteiger partial charge in [-0.15, -0.1) is 0 Å². The lowest BCUT2D eigenvalue weighted by Crippen LogP contribution is -2.22. The summed E-state index contributed by atoms with van der Waals surface area (Å²) in [6.07, 6.45) is 1.50. The highest BCUT2D eigenvalue weighted by Gasteiger charge is 2.28. The number of rotatable bonds is 3. The summed E-state index contributed by atoms with van der Waals surface area (Å²) in [5.74, 6) is -0.777. The van der Waals surface area contributed by atoms with Crippen LogP contribution in [0.3, 0.4) is 0 Å². The number of esters is 1. The second-order valence-corrected chi connectivity index (χ2v) is 4.72. The molecule has 8 nitrogen and oxygen atoms in total. The average molecular weight is 300 g/mol. The fourth-order valence-corrected chi connectivity index (χ4v) is 2.25. The molecule has 1 aliphatic rings. The van der Waals surface area contributed by atoms with Crippen LogP contribution in [0.5, 0.6) is 0 Å². The summed E-state index contributed by atoms with van der Waals surface area (Å²) in [5.41, 5.74) is 0.728. The molecule has 0 radical (unpaired) electrons. The molecule has 3 heterocycles. The van der Waals surface area contributed by atoms with Gasteiger partial charge in [-0.05, 0) is 12.1 Å². The summed E-state index contributed by atoms with van der Waals surface area (Å²) < 4.78 is 4.56. The number of amides is 1. The third kappa shape index (κ3) is 2.46. The molecule has 0 saturated heterocycles. The van der Waals surface area contributed by atoms with Crippen molar-refractivity contribution in [2.45, 2.75) is 12.8 Å². The lowest BCUT2D eigenvalue weighted by molar-refractivity contribution is -0.139. The number of nitrogens with zero attached hydrogens (tertiary/aromatic N) is 3.